The summed E-state index contributed by atoms with van der Waals surface area (Å²) in [6.07, 6.45) is 3.57. The maximum absolute atomic E-state index is 14.9. The van der Waals surface area contributed by atoms with Crippen LogP contribution in [0.2, 0.25) is 5.02 Å². The zero-order valence-electron chi connectivity index (χ0n) is 20.4. The standard InChI is InChI=1S/C25H27ClF2N8O/c1-16-5-29-6-21(30-16)34-11-24(12-34)13-35(14-24)23-32-31-22-8-33(15-25(27,28)18-9-37-10-18)7-17-4-19(26)2-3-20(17)36(22)23/h2-6,18H,7-15H2,1H3. The highest BCUT2D eigenvalue weighted by Gasteiger charge is 2.53. The van der Waals surface area contributed by atoms with Crippen molar-refractivity contribution in [1.29, 1.82) is 0 Å². The zero-order valence-corrected chi connectivity index (χ0v) is 21.2. The molecule has 194 valence electrons. The van der Waals surface area contributed by atoms with Crippen LogP contribution in [0.5, 0.6) is 0 Å². The molecule has 9 nitrogen and oxygen atoms in total. The van der Waals surface area contributed by atoms with E-state index in [2.05, 4.69) is 30.0 Å². The fourth-order valence-corrected chi connectivity index (χ4v) is 6.10. The molecule has 2 aromatic heterocycles. The molecule has 6 heterocycles. The highest BCUT2D eigenvalue weighted by Crippen LogP contribution is 2.44. The maximum Gasteiger partial charge on any atom is 0.267 e. The van der Waals surface area contributed by atoms with Crippen LogP contribution in [0.15, 0.2) is 30.6 Å². The number of hydrogen-bond acceptors (Lipinski definition) is 8. The van der Waals surface area contributed by atoms with Crippen LogP contribution in [0.25, 0.3) is 5.69 Å². The van der Waals surface area contributed by atoms with Gasteiger partial charge in [0.1, 0.15) is 5.82 Å². The van der Waals surface area contributed by atoms with Crippen molar-refractivity contribution in [2.75, 3.05) is 55.7 Å². The van der Waals surface area contributed by atoms with Gasteiger partial charge in [0.15, 0.2) is 5.82 Å². The lowest BCUT2D eigenvalue weighted by Crippen LogP contribution is -2.73. The molecule has 1 spiro atoms. The van der Waals surface area contributed by atoms with Crippen LogP contribution in [0.3, 0.4) is 0 Å². The van der Waals surface area contributed by atoms with E-state index in [0.29, 0.717) is 17.4 Å². The van der Waals surface area contributed by atoms with Gasteiger partial charge in [0, 0.05) is 49.4 Å². The number of benzene rings is 1. The Morgan fingerprint density at radius 1 is 1.08 bits per heavy atom. The Morgan fingerprint density at radius 2 is 1.86 bits per heavy atom. The van der Waals surface area contributed by atoms with Crippen molar-refractivity contribution in [3.05, 3.63) is 52.7 Å². The maximum atomic E-state index is 14.9. The van der Waals surface area contributed by atoms with Crippen molar-refractivity contribution in [3.8, 4) is 5.69 Å². The number of rotatable bonds is 5. The van der Waals surface area contributed by atoms with Crippen LogP contribution in [-0.4, -0.2) is 81.5 Å². The van der Waals surface area contributed by atoms with Gasteiger partial charge in [-0.25, -0.2) is 13.8 Å². The molecule has 0 aliphatic carbocycles. The van der Waals surface area contributed by atoms with Crippen molar-refractivity contribution in [3.63, 3.8) is 0 Å². The number of nitrogens with zero attached hydrogens (tertiary/aromatic N) is 8. The molecule has 3 fully saturated rings. The molecule has 0 unspecified atom stereocenters. The van der Waals surface area contributed by atoms with Gasteiger partial charge in [-0.3, -0.25) is 14.5 Å². The lowest BCUT2D eigenvalue weighted by Gasteiger charge is -2.60. The van der Waals surface area contributed by atoms with E-state index in [0.717, 1.165) is 54.9 Å². The van der Waals surface area contributed by atoms with E-state index in [1.54, 1.807) is 11.1 Å². The molecule has 0 amide bonds. The van der Waals surface area contributed by atoms with E-state index in [9.17, 15) is 8.78 Å². The summed E-state index contributed by atoms with van der Waals surface area (Å²) in [5.74, 6) is -1.26. The van der Waals surface area contributed by atoms with Crippen molar-refractivity contribution >= 4 is 23.4 Å². The number of hydrogen-bond donors (Lipinski definition) is 0. The first-order valence-corrected chi connectivity index (χ1v) is 12.9. The van der Waals surface area contributed by atoms with E-state index in [1.165, 1.54) is 0 Å². The Kier molecular flexibility index (Phi) is 5.22. The number of aromatic nitrogens is 5. The minimum absolute atomic E-state index is 0.105. The first-order valence-electron chi connectivity index (χ1n) is 12.5. The van der Waals surface area contributed by atoms with Crippen molar-refractivity contribution in [1.82, 2.24) is 29.6 Å². The van der Waals surface area contributed by atoms with Gasteiger partial charge in [0.25, 0.3) is 5.92 Å². The number of ether oxygens (including phenoxy) is 1. The number of alkyl halides is 2. The van der Waals surface area contributed by atoms with Gasteiger partial charge in [-0.1, -0.05) is 11.6 Å². The third kappa shape index (κ3) is 3.95. The Labute approximate surface area is 218 Å². The number of halogens is 3. The van der Waals surface area contributed by atoms with E-state index in [4.69, 9.17) is 16.3 Å². The highest BCUT2D eigenvalue weighted by atomic mass is 35.5. The number of anilines is 2. The summed E-state index contributed by atoms with van der Waals surface area (Å²) >= 11 is 6.32. The second-order valence-electron chi connectivity index (χ2n) is 10.9. The normalized spacial score (nSPS) is 21.1. The van der Waals surface area contributed by atoms with Crippen molar-refractivity contribution in [2.45, 2.75) is 25.9 Å². The lowest BCUT2D eigenvalue weighted by molar-refractivity contribution is -0.179. The molecule has 7 rings (SSSR count). The molecule has 0 N–H and O–H groups in total. The predicted molar refractivity (Wildman–Crippen MR) is 133 cm³/mol. The molecule has 37 heavy (non-hydrogen) atoms. The summed E-state index contributed by atoms with van der Waals surface area (Å²) in [4.78, 5) is 15.1. The van der Waals surface area contributed by atoms with E-state index in [1.807, 2.05) is 35.9 Å². The van der Waals surface area contributed by atoms with E-state index >= 15 is 0 Å². The van der Waals surface area contributed by atoms with Crippen molar-refractivity contribution < 1.29 is 13.5 Å². The molecule has 0 radical (unpaired) electrons. The Morgan fingerprint density at radius 3 is 2.59 bits per heavy atom. The summed E-state index contributed by atoms with van der Waals surface area (Å²) < 4.78 is 36.9. The SMILES string of the molecule is Cc1cncc(N2CC3(C2)CN(c2nnc4n2-c2ccc(Cl)cc2CN(CC(F)(F)C2COC2)C4)C3)n1. The summed E-state index contributed by atoms with van der Waals surface area (Å²) in [6, 6.07) is 5.62. The second kappa shape index (κ2) is 8.31. The largest absolute Gasteiger partial charge is 0.380 e. The molecule has 3 aromatic rings. The van der Waals surface area contributed by atoms with Crippen LogP contribution in [0.1, 0.15) is 17.1 Å². The van der Waals surface area contributed by atoms with Crippen LogP contribution in [0.4, 0.5) is 20.5 Å². The van der Waals surface area contributed by atoms with Crippen LogP contribution in [0, 0.1) is 18.3 Å². The molecule has 4 aliphatic rings. The van der Waals surface area contributed by atoms with Gasteiger partial charge in [0.2, 0.25) is 5.95 Å². The van der Waals surface area contributed by atoms with Crippen LogP contribution >= 0.6 is 11.6 Å². The fraction of sp³-hybridized carbons (Fsp3) is 0.520. The lowest BCUT2D eigenvalue weighted by atomic mass is 9.73. The quantitative estimate of drug-likeness (QED) is 0.500. The molecular formula is C25H27ClF2N8O. The van der Waals surface area contributed by atoms with Gasteiger partial charge in [-0.15, -0.1) is 10.2 Å². The minimum atomic E-state index is -2.84. The van der Waals surface area contributed by atoms with Gasteiger partial charge in [0.05, 0.1) is 49.8 Å². The zero-order chi connectivity index (χ0) is 25.4. The monoisotopic (exact) mass is 528 g/mol. The fourth-order valence-electron chi connectivity index (χ4n) is 5.91. The van der Waals surface area contributed by atoms with Crippen LogP contribution < -0.4 is 9.80 Å². The molecule has 0 atom stereocenters. The van der Waals surface area contributed by atoms with E-state index < -0.39 is 11.8 Å². The third-order valence-electron chi connectivity index (χ3n) is 7.88. The van der Waals surface area contributed by atoms with Crippen LogP contribution in [-0.2, 0) is 17.8 Å². The number of aryl methyl sites for hydroxylation is 1. The first kappa shape index (κ1) is 23.2. The molecule has 4 aliphatic heterocycles. The minimum Gasteiger partial charge on any atom is -0.380 e. The molecule has 12 heteroatoms. The molecule has 0 bridgehead atoms. The first-order chi connectivity index (χ1) is 17.8. The summed E-state index contributed by atoms with van der Waals surface area (Å²) in [7, 11) is 0. The third-order valence-corrected chi connectivity index (χ3v) is 8.11. The molecular weight excluding hydrogens is 502 g/mol. The van der Waals surface area contributed by atoms with Gasteiger partial charge in [-0.05, 0) is 30.7 Å². The second-order valence-corrected chi connectivity index (χ2v) is 11.3. The summed E-state index contributed by atoms with van der Waals surface area (Å²) in [6.45, 7) is 5.98. The average molecular weight is 529 g/mol. The average Bonchev–Trinajstić information content (AvgIpc) is 3.06. The predicted octanol–water partition coefficient (Wildman–Crippen LogP) is 2.94. The van der Waals surface area contributed by atoms with Gasteiger partial charge < -0.3 is 14.5 Å². The molecule has 1 aromatic carbocycles. The Hall–Kier alpha value is -2.89. The smallest absolute Gasteiger partial charge is 0.267 e. The Bertz CT molecular complexity index is 1350. The topological polar surface area (TPSA) is 75.4 Å². The number of fused-ring (bicyclic) bond motifs is 3. The molecule has 3 saturated heterocycles. The Balaban J connectivity index is 1.12. The van der Waals surface area contributed by atoms with Crippen molar-refractivity contribution in [2.24, 2.45) is 11.3 Å². The summed E-state index contributed by atoms with van der Waals surface area (Å²) in [5, 5.41) is 9.56. The molecule has 0 saturated carbocycles. The summed E-state index contributed by atoms with van der Waals surface area (Å²) in [5.41, 5.74) is 2.87. The van der Waals surface area contributed by atoms with Gasteiger partial charge in [-0.2, -0.15) is 0 Å². The van der Waals surface area contributed by atoms with E-state index in [-0.39, 0.29) is 31.7 Å². The highest BCUT2D eigenvalue weighted by molar-refractivity contribution is 6.30. The van der Waals surface area contributed by atoms with Gasteiger partial charge >= 0.3 is 0 Å².